The fraction of sp³-hybridized carbons (Fsp3) is 0.250. The minimum atomic E-state index is -0.322. The molecule has 0 aliphatic carbocycles. The lowest BCUT2D eigenvalue weighted by molar-refractivity contribution is 0.0600. The second-order valence-electron chi connectivity index (χ2n) is 7.07. The van der Waals surface area contributed by atoms with Gasteiger partial charge in [0.25, 0.3) is 0 Å². The average Bonchev–Trinajstić information content (AvgIpc) is 2.78. The van der Waals surface area contributed by atoms with Crippen molar-refractivity contribution in [2.75, 3.05) is 13.7 Å². The highest BCUT2D eigenvalue weighted by Crippen LogP contribution is 2.17. The van der Waals surface area contributed by atoms with Gasteiger partial charge in [-0.3, -0.25) is 9.88 Å². The van der Waals surface area contributed by atoms with Gasteiger partial charge in [-0.1, -0.05) is 48.5 Å². The van der Waals surface area contributed by atoms with Crippen molar-refractivity contribution in [2.24, 2.45) is 5.73 Å². The third-order valence-corrected chi connectivity index (χ3v) is 4.89. The number of nitrogens with zero attached hydrogens (tertiary/aromatic N) is 2. The van der Waals surface area contributed by atoms with Crippen LogP contribution in [0.3, 0.4) is 0 Å². The maximum atomic E-state index is 11.6. The van der Waals surface area contributed by atoms with Gasteiger partial charge in [0.1, 0.15) is 0 Å². The molecule has 1 atom stereocenters. The third kappa shape index (κ3) is 6.24. The van der Waals surface area contributed by atoms with E-state index in [1.54, 1.807) is 18.3 Å². The number of ether oxygens (including phenoxy) is 1. The number of carbonyl (C=O) groups is 1. The first-order chi connectivity index (χ1) is 14.2. The number of hydrogen-bond acceptors (Lipinski definition) is 5. The zero-order chi connectivity index (χ0) is 20.5. The molecule has 5 heteroatoms. The lowest BCUT2D eigenvalue weighted by atomic mass is 10.0. The maximum absolute atomic E-state index is 11.6. The molecule has 0 saturated carbocycles. The Bertz CT molecular complexity index is 883. The number of hydrogen-bond donors (Lipinski definition) is 1. The number of pyridine rings is 1. The molecule has 0 spiro atoms. The van der Waals surface area contributed by atoms with Gasteiger partial charge in [0.05, 0.1) is 12.7 Å². The van der Waals surface area contributed by atoms with Gasteiger partial charge in [0.2, 0.25) is 0 Å². The first kappa shape index (κ1) is 20.7. The van der Waals surface area contributed by atoms with E-state index in [1.807, 2.05) is 42.6 Å². The van der Waals surface area contributed by atoms with E-state index in [4.69, 9.17) is 10.5 Å². The maximum Gasteiger partial charge on any atom is 0.337 e. The number of nitrogens with two attached hydrogens (primary N) is 1. The van der Waals surface area contributed by atoms with E-state index in [-0.39, 0.29) is 12.0 Å². The molecule has 150 valence electrons. The van der Waals surface area contributed by atoms with Gasteiger partial charge in [-0.15, -0.1) is 0 Å². The molecule has 0 amide bonds. The highest BCUT2D eigenvalue weighted by Gasteiger charge is 2.12. The van der Waals surface area contributed by atoms with E-state index in [1.165, 1.54) is 7.11 Å². The zero-order valence-electron chi connectivity index (χ0n) is 16.7. The summed E-state index contributed by atoms with van der Waals surface area (Å²) in [5.41, 5.74) is 10.4. The number of esters is 1. The number of rotatable bonds is 9. The molecule has 0 saturated heterocycles. The van der Waals surface area contributed by atoms with E-state index in [9.17, 15) is 4.79 Å². The van der Waals surface area contributed by atoms with Crippen LogP contribution in [0.4, 0.5) is 0 Å². The number of methoxy groups -OCH3 is 1. The van der Waals surface area contributed by atoms with Crippen molar-refractivity contribution in [3.05, 3.63) is 101 Å². The van der Waals surface area contributed by atoms with Crippen LogP contribution in [-0.2, 0) is 17.8 Å². The fourth-order valence-corrected chi connectivity index (χ4v) is 3.27. The van der Waals surface area contributed by atoms with Crippen LogP contribution in [0, 0.1) is 0 Å². The van der Waals surface area contributed by atoms with Crippen molar-refractivity contribution >= 4 is 5.97 Å². The predicted octanol–water partition coefficient (Wildman–Crippen LogP) is 3.96. The molecule has 0 aliphatic rings. The van der Waals surface area contributed by atoms with E-state index in [0.717, 1.165) is 42.7 Å². The Morgan fingerprint density at radius 2 is 1.72 bits per heavy atom. The van der Waals surface area contributed by atoms with E-state index in [0.29, 0.717) is 5.56 Å². The number of aromatic nitrogens is 1. The summed E-state index contributed by atoms with van der Waals surface area (Å²) < 4.78 is 4.77. The van der Waals surface area contributed by atoms with Crippen molar-refractivity contribution in [3.63, 3.8) is 0 Å². The summed E-state index contributed by atoms with van der Waals surface area (Å²) in [4.78, 5) is 18.2. The molecule has 0 radical (unpaired) electrons. The second-order valence-corrected chi connectivity index (χ2v) is 7.07. The minimum Gasteiger partial charge on any atom is -0.465 e. The molecule has 0 fully saturated rings. The van der Waals surface area contributed by atoms with Crippen LogP contribution in [0.25, 0.3) is 0 Å². The molecule has 3 rings (SSSR count). The molecule has 0 aliphatic heterocycles. The molecular formula is C24H27N3O2. The van der Waals surface area contributed by atoms with E-state index < -0.39 is 0 Å². The Labute approximate surface area is 172 Å². The van der Waals surface area contributed by atoms with Gasteiger partial charge in [-0.25, -0.2) is 4.79 Å². The van der Waals surface area contributed by atoms with Gasteiger partial charge in [0.15, 0.2) is 0 Å². The second kappa shape index (κ2) is 10.5. The number of benzene rings is 2. The molecule has 1 aromatic heterocycles. The Balaban J connectivity index is 1.68. The molecule has 0 bridgehead atoms. The van der Waals surface area contributed by atoms with Crippen LogP contribution in [0.5, 0.6) is 0 Å². The molecule has 1 heterocycles. The molecule has 5 nitrogen and oxygen atoms in total. The van der Waals surface area contributed by atoms with Crippen molar-refractivity contribution < 1.29 is 9.53 Å². The van der Waals surface area contributed by atoms with Crippen molar-refractivity contribution in [3.8, 4) is 0 Å². The van der Waals surface area contributed by atoms with E-state index in [2.05, 4.69) is 28.1 Å². The first-order valence-corrected chi connectivity index (χ1v) is 9.75. The summed E-state index contributed by atoms with van der Waals surface area (Å²) in [6.45, 7) is 2.40. The largest absolute Gasteiger partial charge is 0.465 e. The highest BCUT2D eigenvalue weighted by molar-refractivity contribution is 5.89. The monoisotopic (exact) mass is 389 g/mol. The third-order valence-electron chi connectivity index (χ3n) is 4.89. The summed E-state index contributed by atoms with van der Waals surface area (Å²) >= 11 is 0. The summed E-state index contributed by atoms with van der Waals surface area (Å²) in [5.74, 6) is -0.322. The molecule has 1 unspecified atom stereocenters. The summed E-state index contributed by atoms with van der Waals surface area (Å²) in [6, 6.07) is 21.8. The normalized spacial score (nSPS) is 12.0. The van der Waals surface area contributed by atoms with Crippen LogP contribution in [0.15, 0.2) is 79.1 Å². The lowest BCUT2D eigenvalue weighted by Gasteiger charge is -2.24. The summed E-state index contributed by atoms with van der Waals surface area (Å²) in [6.07, 6.45) is 4.53. The molecule has 3 aromatic rings. The Kier molecular flexibility index (Phi) is 7.50. The minimum absolute atomic E-state index is 0.00528. The molecule has 29 heavy (non-hydrogen) atoms. The standard InChI is InChI=1S/C24H27N3O2/c1-29-24(28)22-11-9-19(10-12-22)17-27(18-20-6-5-14-26-16-20)15-13-23(25)21-7-3-2-4-8-21/h2-12,14,16,23H,13,15,17-18,25H2,1H3. The van der Waals surface area contributed by atoms with Gasteiger partial charge in [-0.05, 0) is 41.3 Å². The molecule has 2 aromatic carbocycles. The average molecular weight is 389 g/mol. The predicted molar refractivity (Wildman–Crippen MR) is 114 cm³/mol. The van der Waals surface area contributed by atoms with Gasteiger partial charge in [0, 0.05) is 38.1 Å². The van der Waals surface area contributed by atoms with Gasteiger partial charge in [-0.2, -0.15) is 0 Å². The molecular weight excluding hydrogens is 362 g/mol. The van der Waals surface area contributed by atoms with Crippen LogP contribution in [-0.4, -0.2) is 29.5 Å². The highest BCUT2D eigenvalue weighted by atomic mass is 16.5. The number of carbonyl (C=O) groups excluding carboxylic acids is 1. The smallest absolute Gasteiger partial charge is 0.337 e. The summed E-state index contributed by atoms with van der Waals surface area (Å²) in [7, 11) is 1.39. The quantitative estimate of drug-likeness (QED) is 0.561. The van der Waals surface area contributed by atoms with Crippen molar-refractivity contribution in [1.82, 2.24) is 9.88 Å². The van der Waals surface area contributed by atoms with Crippen LogP contribution in [0.1, 0.15) is 39.5 Å². The van der Waals surface area contributed by atoms with Crippen LogP contribution in [0.2, 0.25) is 0 Å². The SMILES string of the molecule is COC(=O)c1ccc(CN(CCC(N)c2ccccc2)Cc2cccnc2)cc1. The van der Waals surface area contributed by atoms with Crippen molar-refractivity contribution in [2.45, 2.75) is 25.6 Å². The summed E-state index contributed by atoms with van der Waals surface area (Å²) in [5, 5.41) is 0. The Hall–Kier alpha value is -3.02. The molecule has 2 N–H and O–H groups in total. The van der Waals surface area contributed by atoms with Crippen LogP contribution >= 0.6 is 0 Å². The van der Waals surface area contributed by atoms with Gasteiger partial charge < -0.3 is 10.5 Å². The zero-order valence-corrected chi connectivity index (χ0v) is 16.7. The Morgan fingerprint density at radius 1 is 1.00 bits per heavy atom. The van der Waals surface area contributed by atoms with Crippen molar-refractivity contribution in [1.29, 1.82) is 0 Å². The lowest BCUT2D eigenvalue weighted by Crippen LogP contribution is -2.27. The van der Waals surface area contributed by atoms with Gasteiger partial charge >= 0.3 is 5.97 Å². The topological polar surface area (TPSA) is 68.5 Å². The Morgan fingerprint density at radius 3 is 2.38 bits per heavy atom. The van der Waals surface area contributed by atoms with Crippen LogP contribution < -0.4 is 5.73 Å². The van der Waals surface area contributed by atoms with E-state index >= 15 is 0 Å². The first-order valence-electron chi connectivity index (χ1n) is 9.75. The fourth-order valence-electron chi connectivity index (χ4n) is 3.27.